The molecule has 1 aliphatic rings. The highest BCUT2D eigenvalue weighted by Gasteiger charge is 2.26. The Kier molecular flexibility index (Phi) is 5.45. The molecule has 1 saturated heterocycles. The van der Waals surface area contributed by atoms with Crippen molar-refractivity contribution in [3.63, 3.8) is 0 Å². The van der Waals surface area contributed by atoms with Gasteiger partial charge >= 0.3 is 0 Å². The molecule has 2 heterocycles. The summed E-state index contributed by atoms with van der Waals surface area (Å²) in [6, 6.07) is 16.3. The second-order valence-corrected chi connectivity index (χ2v) is 7.43. The zero-order valence-corrected chi connectivity index (χ0v) is 16.7. The molecule has 4 rings (SSSR count). The molecule has 0 unspecified atom stereocenters. The minimum Gasteiger partial charge on any atom is -0.352 e. The number of aryl methyl sites for hydroxylation is 1. The number of hydrogen-bond donors (Lipinski definition) is 0. The fourth-order valence-electron chi connectivity index (χ4n) is 3.37. The molecule has 1 fully saturated rings. The number of anilines is 1. The van der Waals surface area contributed by atoms with Crippen LogP contribution in [0.2, 0.25) is 5.02 Å². The van der Waals surface area contributed by atoms with Gasteiger partial charge in [-0.25, -0.2) is 4.39 Å². The first-order valence-corrected chi connectivity index (χ1v) is 9.80. The Balaban J connectivity index is 1.42. The maximum atomic E-state index is 14.0. The molecule has 0 aliphatic carbocycles. The van der Waals surface area contributed by atoms with Gasteiger partial charge in [0.25, 0.3) is 5.91 Å². The summed E-state index contributed by atoms with van der Waals surface area (Å²) in [5.74, 6) is -0.215. The summed E-state index contributed by atoms with van der Waals surface area (Å²) >= 11 is 6.03. The van der Waals surface area contributed by atoms with E-state index in [4.69, 9.17) is 11.6 Å². The Bertz CT molecular complexity index is 996. The van der Waals surface area contributed by atoms with E-state index < -0.39 is 5.82 Å². The Labute approximate surface area is 173 Å². The van der Waals surface area contributed by atoms with Gasteiger partial charge in [-0.1, -0.05) is 47.5 Å². The topological polar surface area (TPSA) is 49.3 Å². The van der Waals surface area contributed by atoms with Crippen LogP contribution in [-0.2, 0) is 0 Å². The maximum absolute atomic E-state index is 14.0. The van der Waals surface area contributed by atoms with Gasteiger partial charge in [0.2, 0.25) is 0 Å². The van der Waals surface area contributed by atoms with E-state index in [0.717, 1.165) is 17.1 Å². The molecule has 0 N–H and O–H groups in total. The van der Waals surface area contributed by atoms with E-state index >= 15 is 0 Å². The molecule has 1 aliphatic heterocycles. The molecule has 0 atom stereocenters. The van der Waals surface area contributed by atoms with Gasteiger partial charge in [0, 0.05) is 31.7 Å². The average molecular weight is 411 g/mol. The predicted molar refractivity (Wildman–Crippen MR) is 112 cm³/mol. The van der Waals surface area contributed by atoms with Crippen LogP contribution in [0.1, 0.15) is 15.9 Å². The molecule has 2 aromatic carbocycles. The molecule has 1 amide bonds. The number of carbonyl (C=O) groups excluding carboxylic acids is 1. The lowest BCUT2D eigenvalue weighted by molar-refractivity contribution is 0.0742. The van der Waals surface area contributed by atoms with Crippen LogP contribution in [0.15, 0.2) is 54.6 Å². The van der Waals surface area contributed by atoms with Crippen LogP contribution in [0.5, 0.6) is 0 Å². The molecule has 0 saturated carbocycles. The Morgan fingerprint density at radius 1 is 0.966 bits per heavy atom. The van der Waals surface area contributed by atoms with Gasteiger partial charge in [-0.2, -0.15) is 0 Å². The molecular weight excluding hydrogens is 391 g/mol. The third-order valence-corrected chi connectivity index (χ3v) is 5.38. The number of nitrogens with zero attached hydrogens (tertiary/aromatic N) is 4. The smallest absolute Gasteiger partial charge is 0.258 e. The number of halogens is 2. The first kappa shape index (κ1) is 19.3. The number of hydrogen-bond acceptors (Lipinski definition) is 4. The van der Waals surface area contributed by atoms with Crippen molar-refractivity contribution in [2.24, 2.45) is 0 Å². The summed E-state index contributed by atoms with van der Waals surface area (Å²) < 4.78 is 14.0. The Morgan fingerprint density at radius 2 is 1.69 bits per heavy atom. The summed E-state index contributed by atoms with van der Waals surface area (Å²) in [5.41, 5.74) is 2.97. The fraction of sp³-hybridized carbons (Fsp3) is 0.227. The molecule has 7 heteroatoms. The fourth-order valence-corrected chi connectivity index (χ4v) is 3.61. The molecular formula is C22H20ClFN4O. The molecule has 148 valence electrons. The molecule has 0 spiro atoms. The van der Waals surface area contributed by atoms with Gasteiger partial charge in [-0.3, -0.25) is 4.79 Å². The SMILES string of the molecule is Cc1ccc(-c2ccc(N3CCN(C(=O)c4c(F)cccc4Cl)CC3)nn2)cc1. The summed E-state index contributed by atoms with van der Waals surface area (Å²) in [7, 11) is 0. The highest BCUT2D eigenvalue weighted by molar-refractivity contribution is 6.33. The normalized spacial score (nSPS) is 14.2. The number of piperazine rings is 1. The Morgan fingerprint density at radius 3 is 2.31 bits per heavy atom. The van der Waals surface area contributed by atoms with E-state index in [2.05, 4.69) is 15.1 Å². The lowest BCUT2D eigenvalue weighted by atomic mass is 10.1. The molecule has 3 aromatic rings. The van der Waals surface area contributed by atoms with Gasteiger partial charge in [-0.05, 0) is 31.2 Å². The number of rotatable bonds is 3. The van der Waals surface area contributed by atoms with Gasteiger partial charge in [0.1, 0.15) is 5.82 Å². The van der Waals surface area contributed by atoms with Crippen LogP contribution < -0.4 is 4.90 Å². The van der Waals surface area contributed by atoms with E-state index in [0.29, 0.717) is 26.2 Å². The van der Waals surface area contributed by atoms with Gasteiger partial charge < -0.3 is 9.80 Å². The number of carbonyl (C=O) groups is 1. The quantitative estimate of drug-likeness (QED) is 0.649. The first-order chi connectivity index (χ1) is 14.0. The van der Waals surface area contributed by atoms with E-state index in [1.165, 1.54) is 23.8 Å². The van der Waals surface area contributed by atoms with Gasteiger partial charge in [0.05, 0.1) is 16.3 Å². The average Bonchev–Trinajstić information content (AvgIpc) is 2.74. The van der Waals surface area contributed by atoms with Gasteiger partial charge in [-0.15, -0.1) is 10.2 Å². The van der Waals surface area contributed by atoms with Crippen LogP contribution in [0.3, 0.4) is 0 Å². The van der Waals surface area contributed by atoms with Gasteiger partial charge in [0.15, 0.2) is 5.82 Å². The highest BCUT2D eigenvalue weighted by atomic mass is 35.5. The Hall–Kier alpha value is -2.99. The van der Waals surface area contributed by atoms with Crippen molar-refractivity contribution in [3.05, 3.63) is 76.6 Å². The highest BCUT2D eigenvalue weighted by Crippen LogP contribution is 2.23. The van der Waals surface area contributed by atoms with Crippen molar-refractivity contribution in [3.8, 4) is 11.3 Å². The summed E-state index contributed by atoms with van der Waals surface area (Å²) in [6.45, 7) is 4.16. The first-order valence-electron chi connectivity index (χ1n) is 9.42. The van der Waals surface area contributed by atoms with Crippen molar-refractivity contribution in [1.29, 1.82) is 0 Å². The predicted octanol–water partition coefficient (Wildman–Crippen LogP) is 4.21. The lowest BCUT2D eigenvalue weighted by Gasteiger charge is -2.35. The van der Waals surface area contributed by atoms with E-state index in [-0.39, 0.29) is 16.5 Å². The third-order valence-electron chi connectivity index (χ3n) is 5.07. The van der Waals surface area contributed by atoms with E-state index in [9.17, 15) is 9.18 Å². The van der Waals surface area contributed by atoms with Crippen LogP contribution >= 0.6 is 11.6 Å². The van der Waals surface area contributed by atoms with Crippen molar-refractivity contribution >= 4 is 23.3 Å². The number of benzene rings is 2. The van der Waals surface area contributed by atoms with Crippen molar-refractivity contribution in [2.45, 2.75) is 6.92 Å². The zero-order valence-electron chi connectivity index (χ0n) is 16.0. The molecule has 29 heavy (non-hydrogen) atoms. The summed E-state index contributed by atoms with van der Waals surface area (Å²) in [5, 5.41) is 8.82. The summed E-state index contributed by atoms with van der Waals surface area (Å²) in [4.78, 5) is 16.4. The minimum atomic E-state index is -0.595. The largest absolute Gasteiger partial charge is 0.352 e. The van der Waals surface area contributed by atoms with Crippen molar-refractivity contribution in [2.75, 3.05) is 31.1 Å². The molecule has 0 radical (unpaired) electrons. The van der Waals surface area contributed by atoms with Crippen molar-refractivity contribution < 1.29 is 9.18 Å². The van der Waals surface area contributed by atoms with Crippen LogP contribution in [0.25, 0.3) is 11.3 Å². The second kappa shape index (κ2) is 8.17. The second-order valence-electron chi connectivity index (χ2n) is 7.02. The number of aromatic nitrogens is 2. The zero-order chi connectivity index (χ0) is 20.4. The number of amides is 1. The van der Waals surface area contributed by atoms with E-state index in [1.807, 2.05) is 43.3 Å². The lowest BCUT2D eigenvalue weighted by Crippen LogP contribution is -2.49. The third kappa shape index (κ3) is 4.07. The van der Waals surface area contributed by atoms with E-state index in [1.54, 1.807) is 4.90 Å². The molecule has 1 aromatic heterocycles. The molecule has 0 bridgehead atoms. The molecule has 5 nitrogen and oxygen atoms in total. The summed E-state index contributed by atoms with van der Waals surface area (Å²) in [6.07, 6.45) is 0. The van der Waals surface area contributed by atoms with Crippen LogP contribution in [0, 0.1) is 12.7 Å². The standard InChI is InChI=1S/C22H20ClFN4O/c1-15-5-7-16(8-6-15)19-9-10-20(26-25-19)27-11-13-28(14-12-27)22(29)21-17(23)3-2-4-18(21)24/h2-10H,11-14H2,1H3. The van der Waals surface area contributed by atoms with Crippen LogP contribution in [-0.4, -0.2) is 47.2 Å². The van der Waals surface area contributed by atoms with Crippen LogP contribution in [0.4, 0.5) is 10.2 Å². The monoisotopic (exact) mass is 410 g/mol. The minimum absolute atomic E-state index is 0.0649. The van der Waals surface area contributed by atoms with Crippen molar-refractivity contribution in [1.82, 2.24) is 15.1 Å². The maximum Gasteiger partial charge on any atom is 0.258 e.